The van der Waals surface area contributed by atoms with Crippen molar-refractivity contribution in [2.45, 2.75) is 31.4 Å². The zero-order chi connectivity index (χ0) is 21.2. The van der Waals surface area contributed by atoms with Crippen LogP contribution in [0, 0.1) is 12.7 Å². The van der Waals surface area contributed by atoms with Crippen molar-refractivity contribution in [3.8, 4) is 0 Å². The first kappa shape index (κ1) is 20.9. The third-order valence-corrected chi connectivity index (χ3v) is 6.71. The molecule has 0 aliphatic carbocycles. The molecular weight excluding hydrogens is 393 g/mol. The Morgan fingerprint density at radius 3 is 2.41 bits per heavy atom. The van der Waals surface area contributed by atoms with E-state index in [-0.39, 0.29) is 12.3 Å². The molecule has 3 aromatic rings. The Kier molecular flexibility index (Phi) is 5.93. The summed E-state index contributed by atoms with van der Waals surface area (Å²) in [6.07, 6.45) is 0. The summed E-state index contributed by atoms with van der Waals surface area (Å²) in [5, 5.41) is -1.26. The Morgan fingerprint density at radius 1 is 1.10 bits per heavy atom. The third-order valence-electron chi connectivity index (χ3n) is 4.75. The molecule has 0 saturated heterocycles. The fraction of sp³-hybridized carbons (Fsp3) is 0.286. The van der Waals surface area contributed by atoms with Crippen LogP contribution in [-0.4, -0.2) is 41.5 Å². The number of benzene rings is 2. The van der Waals surface area contributed by atoms with E-state index in [1.165, 1.54) is 31.0 Å². The van der Waals surface area contributed by atoms with Crippen molar-refractivity contribution in [3.05, 3.63) is 71.3 Å². The van der Waals surface area contributed by atoms with Crippen molar-refractivity contribution in [1.29, 1.82) is 0 Å². The minimum Gasteiger partial charge on any atom is -0.340 e. The number of carbonyl (C=O) groups is 1. The molecule has 0 fully saturated rings. The minimum absolute atomic E-state index is 0.116. The minimum atomic E-state index is -3.82. The molecule has 1 amide bonds. The molecule has 0 saturated carbocycles. The van der Waals surface area contributed by atoms with Gasteiger partial charge in [0, 0.05) is 13.6 Å². The number of halogens is 1. The van der Waals surface area contributed by atoms with Crippen molar-refractivity contribution >= 4 is 26.8 Å². The highest BCUT2D eigenvalue weighted by molar-refractivity contribution is 7.92. The van der Waals surface area contributed by atoms with E-state index in [9.17, 15) is 17.6 Å². The number of hydrogen-bond donors (Lipinski definition) is 0. The van der Waals surface area contributed by atoms with E-state index in [0.29, 0.717) is 28.0 Å². The van der Waals surface area contributed by atoms with Crippen LogP contribution in [0.3, 0.4) is 0 Å². The van der Waals surface area contributed by atoms with Crippen molar-refractivity contribution in [3.63, 3.8) is 0 Å². The molecule has 0 radical (unpaired) electrons. The van der Waals surface area contributed by atoms with Gasteiger partial charge in [0.05, 0.1) is 28.2 Å². The maximum Gasteiger partial charge on any atom is 0.240 e. The van der Waals surface area contributed by atoms with E-state index in [1.807, 2.05) is 6.07 Å². The van der Waals surface area contributed by atoms with Gasteiger partial charge in [-0.15, -0.1) is 0 Å². The van der Waals surface area contributed by atoms with Gasteiger partial charge < -0.3 is 4.90 Å². The highest BCUT2D eigenvalue weighted by atomic mass is 32.2. The zero-order valence-corrected chi connectivity index (χ0v) is 17.3. The Labute approximate surface area is 169 Å². The van der Waals surface area contributed by atoms with Gasteiger partial charge in [-0.3, -0.25) is 4.79 Å². The van der Waals surface area contributed by atoms with Crippen LogP contribution in [0.1, 0.15) is 23.9 Å². The van der Waals surface area contributed by atoms with Crippen LogP contribution in [0.4, 0.5) is 4.39 Å². The second kappa shape index (κ2) is 8.24. The molecule has 1 aromatic heterocycles. The molecule has 1 atom stereocenters. The van der Waals surface area contributed by atoms with Gasteiger partial charge in [-0.25, -0.2) is 22.8 Å². The lowest BCUT2D eigenvalue weighted by Crippen LogP contribution is -2.39. The molecule has 2 aromatic carbocycles. The molecule has 1 unspecified atom stereocenters. The van der Waals surface area contributed by atoms with Gasteiger partial charge in [0.15, 0.2) is 9.84 Å². The molecule has 1 heterocycles. The topological polar surface area (TPSA) is 80.2 Å². The summed E-state index contributed by atoms with van der Waals surface area (Å²) in [6.45, 7) is 3.18. The average molecular weight is 415 g/mol. The van der Waals surface area contributed by atoms with Gasteiger partial charge in [0.2, 0.25) is 5.91 Å². The number of nitrogens with zero attached hydrogens (tertiary/aromatic N) is 3. The first-order valence-corrected chi connectivity index (χ1v) is 10.8. The standard InChI is InChI=1S/C21H22FN3O3S/c1-14-20(24-19-10-5-4-9-18(19)23-14)13-29(27,28)15(2)21(26)25(3)12-16-7-6-8-17(22)11-16/h4-11,15H,12-13H2,1-3H3. The summed E-state index contributed by atoms with van der Waals surface area (Å²) in [7, 11) is -2.32. The van der Waals surface area contributed by atoms with Crippen molar-refractivity contribution in [2.75, 3.05) is 7.05 Å². The van der Waals surface area contributed by atoms with E-state index in [2.05, 4.69) is 9.97 Å². The van der Waals surface area contributed by atoms with Gasteiger partial charge in [0.1, 0.15) is 11.1 Å². The van der Waals surface area contributed by atoms with Crippen LogP contribution in [0.25, 0.3) is 11.0 Å². The smallest absolute Gasteiger partial charge is 0.240 e. The molecule has 0 aliphatic rings. The molecule has 8 heteroatoms. The van der Waals surface area contributed by atoms with Crippen LogP contribution >= 0.6 is 0 Å². The van der Waals surface area contributed by atoms with Crippen LogP contribution in [0.15, 0.2) is 48.5 Å². The van der Waals surface area contributed by atoms with E-state index >= 15 is 0 Å². The Morgan fingerprint density at radius 2 is 1.76 bits per heavy atom. The highest BCUT2D eigenvalue weighted by Crippen LogP contribution is 2.18. The molecule has 0 N–H and O–H groups in total. The molecule has 0 spiro atoms. The number of sulfone groups is 1. The number of carbonyl (C=O) groups excluding carboxylic acids is 1. The number of rotatable bonds is 6. The second-order valence-electron chi connectivity index (χ2n) is 7.02. The van der Waals surface area contributed by atoms with Gasteiger partial charge in [-0.05, 0) is 43.7 Å². The molecule has 152 valence electrons. The zero-order valence-electron chi connectivity index (χ0n) is 16.5. The predicted molar refractivity (Wildman–Crippen MR) is 109 cm³/mol. The number of aromatic nitrogens is 2. The van der Waals surface area contributed by atoms with Crippen LogP contribution < -0.4 is 0 Å². The maximum atomic E-state index is 13.3. The summed E-state index contributed by atoms with van der Waals surface area (Å²) in [4.78, 5) is 22.8. The van der Waals surface area contributed by atoms with Gasteiger partial charge in [0.25, 0.3) is 0 Å². The van der Waals surface area contributed by atoms with Crippen molar-refractivity contribution in [2.24, 2.45) is 0 Å². The maximum absolute atomic E-state index is 13.3. The lowest BCUT2D eigenvalue weighted by molar-refractivity contribution is -0.129. The lowest BCUT2D eigenvalue weighted by atomic mass is 10.2. The highest BCUT2D eigenvalue weighted by Gasteiger charge is 2.31. The summed E-state index contributed by atoms with van der Waals surface area (Å²) in [5.41, 5.74) is 2.72. The third kappa shape index (κ3) is 4.76. The Hall–Kier alpha value is -2.87. The molecule has 29 heavy (non-hydrogen) atoms. The molecule has 6 nitrogen and oxygen atoms in total. The largest absolute Gasteiger partial charge is 0.340 e. The molecule has 3 rings (SSSR count). The van der Waals surface area contributed by atoms with Crippen molar-refractivity contribution < 1.29 is 17.6 Å². The fourth-order valence-electron chi connectivity index (χ4n) is 3.03. The summed E-state index contributed by atoms with van der Waals surface area (Å²) in [5.74, 6) is -1.34. The number of para-hydroxylation sites is 2. The van der Waals surface area contributed by atoms with Crippen LogP contribution in [0.2, 0.25) is 0 Å². The predicted octanol–water partition coefficient (Wildman–Crippen LogP) is 3.04. The normalized spacial score (nSPS) is 12.7. The fourth-order valence-corrected chi connectivity index (χ4v) is 4.42. The first-order chi connectivity index (χ1) is 13.7. The number of hydrogen-bond acceptors (Lipinski definition) is 5. The summed E-state index contributed by atoms with van der Waals surface area (Å²) < 4.78 is 39.1. The monoisotopic (exact) mass is 415 g/mol. The van der Waals surface area contributed by atoms with Gasteiger partial charge in [-0.2, -0.15) is 0 Å². The number of aryl methyl sites for hydroxylation is 1. The molecule has 0 aliphatic heterocycles. The second-order valence-corrected chi connectivity index (χ2v) is 9.34. The molecule has 0 bridgehead atoms. The first-order valence-electron chi connectivity index (χ1n) is 9.10. The SMILES string of the molecule is Cc1nc2ccccc2nc1CS(=O)(=O)C(C)C(=O)N(C)Cc1cccc(F)c1. The summed E-state index contributed by atoms with van der Waals surface area (Å²) >= 11 is 0. The average Bonchev–Trinajstić information content (AvgIpc) is 2.67. The van der Waals surface area contributed by atoms with E-state index in [1.54, 1.807) is 37.3 Å². The van der Waals surface area contributed by atoms with E-state index in [0.717, 1.165) is 0 Å². The molecular formula is C21H22FN3O3S. The van der Waals surface area contributed by atoms with Crippen molar-refractivity contribution in [1.82, 2.24) is 14.9 Å². The van der Waals surface area contributed by atoms with Gasteiger partial charge >= 0.3 is 0 Å². The number of fused-ring (bicyclic) bond motifs is 1. The van der Waals surface area contributed by atoms with E-state index < -0.39 is 26.8 Å². The van der Waals surface area contributed by atoms with E-state index in [4.69, 9.17) is 0 Å². The van der Waals surface area contributed by atoms with Crippen LogP contribution in [-0.2, 0) is 26.9 Å². The Bertz CT molecular complexity index is 1160. The number of amides is 1. The summed E-state index contributed by atoms with van der Waals surface area (Å²) in [6, 6.07) is 13.1. The Balaban J connectivity index is 1.77. The van der Waals surface area contributed by atoms with Gasteiger partial charge in [-0.1, -0.05) is 24.3 Å². The quantitative estimate of drug-likeness (QED) is 0.618. The van der Waals surface area contributed by atoms with Crippen LogP contribution in [0.5, 0.6) is 0 Å². The lowest BCUT2D eigenvalue weighted by Gasteiger charge is -2.22.